The Morgan fingerprint density at radius 3 is 1.50 bits per heavy atom. The molecule has 4 nitrogen and oxygen atoms in total. The molecule has 6 heavy (non-hydrogen) atoms. The predicted octanol–water partition coefficient (Wildman–Crippen LogP) is -2.47. The first-order valence-corrected chi connectivity index (χ1v) is 0.935. The minimum absolute atomic E-state index is 0. The number of rotatable bonds is 1. The van der Waals surface area contributed by atoms with E-state index in [4.69, 9.17) is 15.3 Å². The van der Waals surface area contributed by atoms with Crippen LogP contribution >= 0.6 is 0 Å². The maximum absolute atomic E-state index is 7.44. The van der Waals surface area contributed by atoms with Crippen molar-refractivity contribution in [3.05, 3.63) is 0 Å². The second kappa shape index (κ2) is 6.48. The van der Waals surface area contributed by atoms with Crippen molar-refractivity contribution in [3.63, 3.8) is 0 Å². The molecule has 0 aliphatic carbocycles. The summed E-state index contributed by atoms with van der Waals surface area (Å²) in [5.74, 6) is 0. The van der Waals surface area contributed by atoms with E-state index in [1.54, 1.807) is 0 Å². The summed E-state index contributed by atoms with van der Waals surface area (Å²) in [5.41, 5.74) is 0. The third-order valence-corrected chi connectivity index (χ3v) is 0.0943. The monoisotopic (exact) mass is 218 g/mol. The van der Waals surface area contributed by atoms with Gasteiger partial charge in [-0.05, 0) is 0 Å². The Hall–Kier alpha value is 1.48. The van der Waals surface area contributed by atoms with Crippen LogP contribution in [0, 0.1) is 0 Å². The van der Waals surface area contributed by atoms with E-state index in [2.05, 4.69) is 4.81 Å². The summed E-state index contributed by atoms with van der Waals surface area (Å²) in [5, 5.41) is 22.0. The maximum atomic E-state index is 7.44. The standard InChI is InChI=1S/BH3O4.Ba.2H/c2-1(3)5-4;;;/h2-4H;;;. The van der Waals surface area contributed by atoms with Gasteiger partial charge >= 0.3 is 56.2 Å². The Bertz CT molecular complexity index is 21.5. The average molecular weight is 217 g/mol. The van der Waals surface area contributed by atoms with Gasteiger partial charge in [0.25, 0.3) is 0 Å². The van der Waals surface area contributed by atoms with Crippen molar-refractivity contribution >= 4 is 56.2 Å². The van der Waals surface area contributed by atoms with Gasteiger partial charge in [-0.2, -0.15) is 0 Å². The van der Waals surface area contributed by atoms with E-state index in [1.807, 2.05) is 0 Å². The molecule has 6 heteroatoms. The van der Waals surface area contributed by atoms with E-state index in [-0.39, 0.29) is 48.9 Å². The summed E-state index contributed by atoms with van der Waals surface area (Å²) >= 11 is 0. The molecule has 0 aliphatic heterocycles. The van der Waals surface area contributed by atoms with Crippen LogP contribution < -0.4 is 0 Å². The van der Waals surface area contributed by atoms with E-state index in [1.165, 1.54) is 0 Å². The molecule has 0 heterocycles. The fourth-order valence-electron chi connectivity index (χ4n) is 0. The second-order valence-corrected chi connectivity index (χ2v) is 0.432. The fraction of sp³-hybridized carbons (Fsp3) is 0. The van der Waals surface area contributed by atoms with Gasteiger partial charge in [-0.3, -0.25) is 5.26 Å². The topological polar surface area (TPSA) is 69.9 Å². The quantitative estimate of drug-likeness (QED) is 0.258. The molecule has 0 saturated heterocycles. The Kier molecular flexibility index (Phi) is 11.3. The molecule has 0 aromatic carbocycles. The summed E-state index contributed by atoms with van der Waals surface area (Å²) < 4.78 is 0. The van der Waals surface area contributed by atoms with Crippen molar-refractivity contribution in [2.75, 3.05) is 0 Å². The van der Waals surface area contributed by atoms with E-state index < -0.39 is 7.32 Å². The molecule has 0 aliphatic rings. The van der Waals surface area contributed by atoms with Crippen LogP contribution in [-0.4, -0.2) is 71.5 Å². The molecule has 0 amide bonds. The van der Waals surface area contributed by atoms with Crippen LogP contribution in [0.25, 0.3) is 0 Å². The Morgan fingerprint density at radius 2 is 1.50 bits per heavy atom. The molecule has 34 valence electrons. The van der Waals surface area contributed by atoms with Crippen molar-refractivity contribution in [1.82, 2.24) is 0 Å². The number of hydrogen-bond acceptors (Lipinski definition) is 4. The van der Waals surface area contributed by atoms with Crippen LogP contribution in [0.15, 0.2) is 0 Å². The van der Waals surface area contributed by atoms with E-state index in [0.29, 0.717) is 0 Å². The van der Waals surface area contributed by atoms with Crippen LogP contribution in [0.1, 0.15) is 0 Å². The van der Waals surface area contributed by atoms with Crippen molar-refractivity contribution < 1.29 is 20.1 Å². The predicted molar refractivity (Wildman–Crippen MR) is 22.4 cm³/mol. The Balaban J connectivity index is 0. The first kappa shape index (κ1) is 10.5. The van der Waals surface area contributed by atoms with Gasteiger partial charge in [-0.25, -0.2) is 4.81 Å². The van der Waals surface area contributed by atoms with Gasteiger partial charge in [0, 0.05) is 0 Å². The van der Waals surface area contributed by atoms with Crippen molar-refractivity contribution in [3.8, 4) is 0 Å². The van der Waals surface area contributed by atoms with Gasteiger partial charge in [0.1, 0.15) is 0 Å². The molecule has 0 unspecified atom stereocenters. The van der Waals surface area contributed by atoms with Crippen molar-refractivity contribution in [1.29, 1.82) is 0 Å². The third kappa shape index (κ3) is 9.08. The summed E-state index contributed by atoms with van der Waals surface area (Å²) in [6.07, 6.45) is 0. The van der Waals surface area contributed by atoms with Crippen LogP contribution in [0.2, 0.25) is 0 Å². The van der Waals surface area contributed by atoms with E-state index in [9.17, 15) is 0 Å². The SMILES string of the molecule is OOB(O)O.[BaH2]. The molecule has 0 atom stereocenters. The second-order valence-electron chi connectivity index (χ2n) is 0.432. The molecular weight excluding hydrogens is 212 g/mol. The van der Waals surface area contributed by atoms with E-state index >= 15 is 0 Å². The Labute approximate surface area is 75.3 Å². The summed E-state index contributed by atoms with van der Waals surface area (Å²) in [6, 6.07) is 0. The third-order valence-electron chi connectivity index (χ3n) is 0.0943. The Morgan fingerprint density at radius 1 is 1.33 bits per heavy atom. The van der Waals surface area contributed by atoms with Crippen LogP contribution in [0.3, 0.4) is 0 Å². The van der Waals surface area contributed by atoms with Crippen LogP contribution in [0.4, 0.5) is 0 Å². The summed E-state index contributed by atoms with van der Waals surface area (Å²) in [6.45, 7) is 0. The summed E-state index contributed by atoms with van der Waals surface area (Å²) in [7, 11) is -2.06. The van der Waals surface area contributed by atoms with Crippen molar-refractivity contribution in [2.45, 2.75) is 0 Å². The van der Waals surface area contributed by atoms with Crippen molar-refractivity contribution in [2.24, 2.45) is 0 Å². The van der Waals surface area contributed by atoms with Gasteiger partial charge in [-0.1, -0.05) is 0 Å². The molecule has 0 fully saturated rings. The zero-order valence-electron chi connectivity index (χ0n) is 2.33. The zero-order chi connectivity index (χ0) is 4.28. The van der Waals surface area contributed by atoms with E-state index in [0.717, 1.165) is 0 Å². The molecule has 0 aromatic rings. The molecule has 0 aromatic heterocycles. The molecule has 0 spiro atoms. The summed E-state index contributed by atoms with van der Waals surface area (Å²) in [4.78, 5) is 2.86. The first-order valence-electron chi connectivity index (χ1n) is 0.935. The molecule has 0 radical (unpaired) electrons. The van der Waals surface area contributed by atoms with Gasteiger partial charge in [-0.15, -0.1) is 0 Å². The van der Waals surface area contributed by atoms with Gasteiger partial charge in [0.2, 0.25) is 0 Å². The molecule has 0 rings (SSSR count). The number of hydrogen-bond donors (Lipinski definition) is 3. The fourth-order valence-corrected chi connectivity index (χ4v) is 0. The molecular formula is H5BBaO4. The van der Waals surface area contributed by atoms with Gasteiger partial charge in [0.15, 0.2) is 0 Å². The van der Waals surface area contributed by atoms with Gasteiger partial charge < -0.3 is 10.0 Å². The minimum atomic E-state index is -2.06. The molecule has 0 bridgehead atoms. The van der Waals surface area contributed by atoms with Crippen LogP contribution in [-0.2, 0) is 4.81 Å². The average Bonchev–Trinajstić information content (AvgIpc) is 1.38. The molecule has 3 N–H and O–H groups in total. The zero-order valence-corrected chi connectivity index (χ0v) is 2.33. The normalized spacial score (nSPS) is 6.50. The van der Waals surface area contributed by atoms with Crippen LogP contribution in [0.5, 0.6) is 0 Å². The molecule has 0 saturated carbocycles. The first-order chi connectivity index (χ1) is 2.27. The van der Waals surface area contributed by atoms with Gasteiger partial charge in [0.05, 0.1) is 0 Å².